The molecule has 0 saturated heterocycles. The Morgan fingerprint density at radius 2 is 1.92 bits per heavy atom. The first-order valence-electron chi connectivity index (χ1n) is 9.06. The number of carbonyl (C=O) groups is 1. The average molecular weight is 364 g/mol. The zero-order valence-electron chi connectivity index (χ0n) is 15.3. The first-order valence-corrected chi connectivity index (χ1v) is 9.47. The van der Waals surface area contributed by atoms with E-state index in [-0.39, 0.29) is 12.5 Å². The molecule has 0 aliphatic heterocycles. The van der Waals surface area contributed by atoms with Crippen LogP contribution in [-0.4, -0.2) is 23.7 Å². The molecule has 6 heteroatoms. The summed E-state index contributed by atoms with van der Waals surface area (Å²) in [6.07, 6.45) is 4.57. The molecule has 25 heavy (non-hydrogen) atoms. The lowest BCUT2D eigenvalue weighted by molar-refractivity contribution is -0.123. The van der Waals surface area contributed by atoms with Gasteiger partial charge in [-0.05, 0) is 54.6 Å². The highest BCUT2D eigenvalue weighted by Crippen LogP contribution is 2.29. The van der Waals surface area contributed by atoms with E-state index in [1.54, 1.807) is 0 Å². The van der Waals surface area contributed by atoms with Crippen LogP contribution in [0.3, 0.4) is 0 Å². The second kappa shape index (κ2) is 9.61. The van der Waals surface area contributed by atoms with Crippen molar-refractivity contribution in [3.63, 3.8) is 0 Å². The lowest BCUT2D eigenvalue weighted by Gasteiger charge is -2.35. The molecule has 1 amide bonds. The number of carbonyl (C=O) groups excluding carboxylic acids is 1. The van der Waals surface area contributed by atoms with Crippen LogP contribution >= 0.6 is 12.2 Å². The lowest BCUT2D eigenvalue weighted by Crippen LogP contribution is -2.53. The number of hydrazine groups is 1. The Kier molecular flexibility index (Phi) is 7.50. The van der Waals surface area contributed by atoms with Gasteiger partial charge in [-0.2, -0.15) is 0 Å². The standard InChI is InChI=1S/C19H29N3O2S/c1-4-15-8-10-16(11-9-15)24-12-18(23)21-22-19(25)20-17-7-5-6-13(2)14(17)3/h8-11,13-14,17H,4-7,12H2,1-3H3,(H,21,23)(H2,20,22,25)/t13-,14-,17+/m0/s1. The molecule has 0 aromatic heterocycles. The van der Waals surface area contributed by atoms with Crippen molar-refractivity contribution >= 4 is 23.2 Å². The van der Waals surface area contributed by atoms with Crippen LogP contribution in [0.1, 0.15) is 45.6 Å². The van der Waals surface area contributed by atoms with Crippen LogP contribution in [0.2, 0.25) is 0 Å². The van der Waals surface area contributed by atoms with Gasteiger partial charge in [-0.25, -0.2) is 0 Å². The first kappa shape index (κ1) is 19.5. The Morgan fingerprint density at radius 1 is 1.20 bits per heavy atom. The van der Waals surface area contributed by atoms with Crippen molar-refractivity contribution in [2.24, 2.45) is 11.8 Å². The normalized spacial score (nSPS) is 22.8. The highest BCUT2D eigenvalue weighted by molar-refractivity contribution is 7.80. The van der Waals surface area contributed by atoms with Gasteiger partial charge < -0.3 is 10.1 Å². The Labute approximate surface area is 155 Å². The minimum Gasteiger partial charge on any atom is -0.484 e. The maximum atomic E-state index is 11.9. The van der Waals surface area contributed by atoms with Gasteiger partial charge in [0.1, 0.15) is 5.75 Å². The monoisotopic (exact) mass is 363 g/mol. The largest absolute Gasteiger partial charge is 0.484 e. The molecule has 0 heterocycles. The van der Waals surface area contributed by atoms with Crippen LogP contribution in [0.15, 0.2) is 24.3 Å². The summed E-state index contributed by atoms with van der Waals surface area (Å²) in [6.45, 7) is 6.57. The molecule has 1 aliphatic carbocycles. The van der Waals surface area contributed by atoms with Crippen molar-refractivity contribution in [2.75, 3.05) is 6.61 Å². The van der Waals surface area contributed by atoms with Crippen molar-refractivity contribution in [3.8, 4) is 5.75 Å². The predicted molar refractivity (Wildman–Crippen MR) is 104 cm³/mol. The third kappa shape index (κ3) is 6.20. The van der Waals surface area contributed by atoms with E-state index in [1.807, 2.05) is 24.3 Å². The molecule has 138 valence electrons. The maximum absolute atomic E-state index is 11.9. The molecule has 1 fully saturated rings. The van der Waals surface area contributed by atoms with Gasteiger partial charge in [-0.15, -0.1) is 0 Å². The predicted octanol–water partition coefficient (Wildman–Crippen LogP) is 2.95. The van der Waals surface area contributed by atoms with Gasteiger partial charge in [0, 0.05) is 6.04 Å². The van der Waals surface area contributed by atoms with E-state index in [4.69, 9.17) is 17.0 Å². The number of ether oxygens (including phenoxy) is 1. The molecule has 1 aromatic carbocycles. The quantitative estimate of drug-likeness (QED) is 0.555. The van der Waals surface area contributed by atoms with Gasteiger partial charge in [0.25, 0.3) is 5.91 Å². The summed E-state index contributed by atoms with van der Waals surface area (Å²) >= 11 is 5.27. The Balaban J connectivity index is 1.67. The smallest absolute Gasteiger partial charge is 0.276 e. The second-order valence-electron chi connectivity index (χ2n) is 6.81. The van der Waals surface area contributed by atoms with Gasteiger partial charge in [0.05, 0.1) is 0 Å². The number of aryl methyl sites for hydroxylation is 1. The first-order chi connectivity index (χ1) is 12.0. The number of thiocarbonyl (C=S) groups is 1. The second-order valence-corrected chi connectivity index (χ2v) is 7.21. The minimum atomic E-state index is -0.270. The number of amides is 1. The van der Waals surface area contributed by atoms with E-state index in [9.17, 15) is 4.79 Å². The maximum Gasteiger partial charge on any atom is 0.276 e. The number of benzene rings is 1. The van der Waals surface area contributed by atoms with Crippen LogP contribution in [0.25, 0.3) is 0 Å². The van der Waals surface area contributed by atoms with Gasteiger partial charge >= 0.3 is 0 Å². The number of rotatable bonds is 5. The van der Waals surface area contributed by atoms with E-state index in [1.165, 1.54) is 18.4 Å². The molecular formula is C19H29N3O2S. The lowest BCUT2D eigenvalue weighted by atomic mass is 9.78. The van der Waals surface area contributed by atoms with Crippen LogP contribution in [0.4, 0.5) is 0 Å². The summed E-state index contributed by atoms with van der Waals surface area (Å²) in [5, 5.41) is 3.76. The zero-order chi connectivity index (χ0) is 18.2. The van der Waals surface area contributed by atoms with Gasteiger partial charge in [-0.3, -0.25) is 15.6 Å². The molecule has 0 spiro atoms. The molecule has 0 unspecified atom stereocenters. The van der Waals surface area contributed by atoms with E-state index in [2.05, 4.69) is 36.9 Å². The average Bonchev–Trinajstić information content (AvgIpc) is 2.62. The topological polar surface area (TPSA) is 62.4 Å². The van der Waals surface area contributed by atoms with Crippen molar-refractivity contribution < 1.29 is 9.53 Å². The SMILES string of the molecule is CCc1ccc(OCC(=O)NNC(=S)N[C@@H]2CCC[C@H](C)[C@@H]2C)cc1. The Morgan fingerprint density at radius 3 is 2.60 bits per heavy atom. The van der Waals surface area contributed by atoms with Crippen molar-refractivity contribution in [1.29, 1.82) is 0 Å². The summed E-state index contributed by atoms with van der Waals surface area (Å²) in [5.74, 6) is 1.67. The molecular weight excluding hydrogens is 334 g/mol. The molecule has 0 radical (unpaired) electrons. The van der Waals surface area contributed by atoms with Crippen molar-refractivity contribution in [2.45, 2.75) is 52.5 Å². The zero-order valence-corrected chi connectivity index (χ0v) is 16.1. The molecule has 2 rings (SSSR count). The van der Waals surface area contributed by atoms with E-state index < -0.39 is 0 Å². The van der Waals surface area contributed by atoms with Crippen molar-refractivity contribution in [3.05, 3.63) is 29.8 Å². The fourth-order valence-electron chi connectivity index (χ4n) is 3.12. The number of hydrogen-bond donors (Lipinski definition) is 3. The fraction of sp³-hybridized carbons (Fsp3) is 0.579. The molecule has 3 N–H and O–H groups in total. The summed E-state index contributed by atoms with van der Waals surface area (Å²) in [6, 6.07) is 8.09. The van der Waals surface area contributed by atoms with E-state index in [0.717, 1.165) is 12.8 Å². The minimum absolute atomic E-state index is 0.0576. The van der Waals surface area contributed by atoms with Crippen LogP contribution in [0, 0.1) is 11.8 Å². The molecule has 3 atom stereocenters. The fourth-order valence-corrected chi connectivity index (χ4v) is 3.33. The molecule has 5 nitrogen and oxygen atoms in total. The summed E-state index contributed by atoms with van der Waals surface area (Å²) in [4.78, 5) is 11.9. The number of hydrogen-bond acceptors (Lipinski definition) is 3. The summed E-state index contributed by atoms with van der Waals surface area (Å²) in [7, 11) is 0. The molecule has 0 bridgehead atoms. The van der Waals surface area contributed by atoms with Crippen LogP contribution < -0.4 is 20.9 Å². The van der Waals surface area contributed by atoms with Crippen LogP contribution in [-0.2, 0) is 11.2 Å². The van der Waals surface area contributed by atoms with Crippen LogP contribution in [0.5, 0.6) is 5.75 Å². The highest BCUT2D eigenvalue weighted by atomic mass is 32.1. The van der Waals surface area contributed by atoms with Gasteiger partial charge in [0.2, 0.25) is 0 Å². The third-order valence-electron chi connectivity index (χ3n) is 5.04. The summed E-state index contributed by atoms with van der Waals surface area (Å²) in [5.41, 5.74) is 6.57. The number of nitrogens with one attached hydrogen (secondary N) is 3. The Bertz CT molecular complexity index is 577. The highest BCUT2D eigenvalue weighted by Gasteiger charge is 2.27. The molecule has 1 saturated carbocycles. The molecule has 1 aliphatic rings. The Hall–Kier alpha value is -1.82. The summed E-state index contributed by atoms with van der Waals surface area (Å²) < 4.78 is 5.46. The van der Waals surface area contributed by atoms with E-state index >= 15 is 0 Å². The third-order valence-corrected chi connectivity index (χ3v) is 5.26. The van der Waals surface area contributed by atoms with Crippen molar-refractivity contribution in [1.82, 2.24) is 16.2 Å². The van der Waals surface area contributed by atoms with Gasteiger partial charge in [0.15, 0.2) is 11.7 Å². The van der Waals surface area contributed by atoms with Gasteiger partial charge in [-0.1, -0.05) is 45.7 Å². The van der Waals surface area contributed by atoms with E-state index in [0.29, 0.717) is 28.7 Å². The molecule has 1 aromatic rings.